The third-order valence-electron chi connectivity index (χ3n) is 4.50. The quantitative estimate of drug-likeness (QED) is 0.637. The lowest BCUT2D eigenvalue weighted by molar-refractivity contribution is -0.385. The number of anilines is 1. The largest absolute Gasteiger partial charge is 0.376 e. The molecule has 134 valence electrons. The van der Waals surface area contributed by atoms with Gasteiger partial charge < -0.3 is 5.32 Å². The number of hydrogen-bond donors (Lipinski definition) is 1. The van der Waals surface area contributed by atoms with Crippen molar-refractivity contribution in [2.45, 2.75) is 32.7 Å². The summed E-state index contributed by atoms with van der Waals surface area (Å²) >= 11 is 0. The van der Waals surface area contributed by atoms with Gasteiger partial charge in [-0.15, -0.1) is 0 Å². The summed E-state index contributed by atoms with van der Waals surface area (Å²) in [6, 6.07) is 5.36. The monoisotopic (exact) mass is 345 g/mol. The summed E-state index contributed by atoms with van der Waals surface area (Å²) in [5.74, 6) is 0.621. The molecule has 1 saturated heterocycles. The summed E-state index contributed by atoms with van der Waals surface area (Å²) in [4.78, 5) is 29.9. The average Bonchev–Trinajstić information content (AvgIpc) is 2.99. The molecule has 1 atom stereocenters. The van der Waals surface area contributed by atoms with Gasteiger partial charge in [0.05, 0.1) is 4.92 Å². The van der Waals surface area contributed by atoms with E-state index in [4.69, 9.17) is 0 Å². The van der Waals surface area contributed by atoms with E-state index < -0.39 is 16.2 Å². The normalized spacial score (nSPS) is 18.1. The van der Waals surface area contributed by atoms with E-state index >= 15 is 0 Å². The van der Waals surface area contributed by atoms with E-state index in [0.29, 0.717) is 24.2 Å². The summed E-state index contributed by atoms with van der Waals surface area (Å²) < 4.78 is 1.20. The molecule has 0 aromatic carbocycles. The summed E-state index contributed by atoms with van der Waals surface area (Å²) in [6.07, 6.45) is 3.65. The Hall–Kier alpha value is -2.48. The second-order valence-electron chi connectivity index (χ2n) is 6.87. The van der Waals surface area contributed by atoms with Crippen molar-refractivity contribution in [2.24, 2.45) is 5.92 Å². The highest BCUT2D eigenvalue weighted by molar-refractivity contribution is 5.59. The highest BCUT2D eigenvalue weighted by atomic mass is 16.6. The van der Waals surface area contributed by atoms with Crippen LogP contribution in [-0.4, -0.2) is 44.9 Å². The number of hydrogen-bond acceptors (Lipinski definition) is 6. The topological polar surface area (TPSA) is 92.8 Å². The molecule has 0 radical (unpaired) electrons. The third-order valence-corrected chi connectivity index (χ3v) is 4.50. The first-order chi connectivity index (χ1) is 12.0. The lowest BCUT2D eigenvalue weighted by Gasteiger charge is -2.26. The molecule has 0 saturated carbocycles. The number of nitrogens with one attached hydrogen (secondary N) is 1. The zero-order valence-electron chi connectivity index (χ0n) is 14.5. The standard InChI is InChI=1S/C17H23N5O3/c1-12(2)11-20-8-5-6-13(20)10-18-16-15(22(24)25)17(23)21-9-4-3-7-14(21)19-16/h3-4,7,9,12-13,18H,5-6,8,10-11H2,1-2H3/t13-/m1/s1. The van der Waals surface area contributed by atoms with E-state index in [1.807, 2.05) is 0 Å². The van der Waals surface area contributed by atoms with Gasteiger partial charge in [0.25, 0.3) is 0 Å². The molecule has 1 aliphatic rings. The van der Waals surface area contributed by atoms with Crippen LogP contribution in [0, 0.1) is 16.0 Å². The first kappa shape index (κ1) is 17.3. The molecule has 1 aliphatic heterocycles. The van der Waals surface area contributed by atoms with Gasteiger partial charge >= 0.3 is 11.2 Å². The molecule has 3 rings (SSSR count). The fourth-order valence-corrected chi connectivity index (χ4v) is 3.42. The maximum Gasteiger partial charge on any atom is 0.376 e. The van der Waals surface area contributed by atoms with E-state index in [2.05, 4.69) is 29.0 Å². The Labute approximate surface area is 145 Å². The number of fused-ring (bicyclic) bond motifs is 1. The summed E-state index contributed by atoms with van der Waals surface area (Å²) in [7, 11) is 0. The second kappa shape index (κ2) is 7.18. The summed E-state index contributed by atoms with van der Waals surface area (Å²) in [6.45, 7) is 6.95. The zero-order chi connectivity index (χ0) is 18.0. The SMILES string of the molecule is CC(C)CN1CCC[C@@H]1CNc1nc2ccccn2c(=O)c1[N+](=O)[O-]. The molecule has 2 aromatic heterocycles. The Balaban J connectivity index is 1.87. The zero-order valence-corrected chi connectivity index (χ0v) is 14.5. The molecule has 0 bridgehead atoms. The van der Waals surface area contributed by atoms with Crippen molar-refractivity contribution in [3.05, 3.63) is 44.9 Å². The van der Waals surface area contributed by atoms with Crippen molar-refractivity contribution in [1.82, 2.24) is 14.3 Å². The molecule has 0 unspecified atom stereocenters. The first-order valence-electron chi connectivity index (χ1n) is 8.61. The lowest BCUT2D eigenvalue weighted by Crippen LogP contribution is -2.37. The maximum atomic E-state index is 12.4. The molecule has 8 nitrogen and oxygen atoms in total. The molecule has 2 aromatic rings. The van der Waals surface area contributed by atoms with E-state index in [0.717, 1.165) is 25.9 Å². The lowest BCUT2D eigenvalue weighted by atomic mass is 10.1. The molecule has 1 fully saturated rings. The van der Waals surface area contributed by atoms with E-state index in [9.17, 15) is 14.9 Å². The fourth-order valence-electron chi connectivity index (χ4n) is 3.42. The van der Waals surface area contributed by atoms with Crippen LogP contribution in [0.25, 0.3) is 5.65 Å². The van der Waals surface area contributed by atoms with Crippen LogP contribution < -0.4 is 10.9 Å². The van der Waals surface area contributed by atoms with Crippen molar-refractivity contribution in [2.75, 3.05) is 25.0 Å². The molecule has 25 heavy (non-hydrogen) atoms. The van der Waals surface area contributed by atoms with Gasteiger partial charge in [-0.3, -0.25) is 24.2 Å². The number of pyridine rings is 1. The molecule has 1 N–H and O–H groups in total. The molecule has 0 aliphatic carbocycles. The van der Waals surface area contributed by atoms with Gasteiger partial charge in [0, 0.05) is 25.3 Å². The van der Waals surface area contributed by atoms with Crippen LogP contribution in [0.4, 0.5) is 11.5 Å². The molecule has 0 amide bonds. The first-order valence-corrected chi connectivity index (χ1v) is 8.61. The van der Waals surface area contributed by atoms with E-state index in [1.54, 1.807) is 18.2 Å². The Bertz CT molecular complexity index is 833. The average molecular weight is 345 g/mol. The summed E-state index contributed by atoms with van der Waals surface area (Å²) in [5, 5.41) is 14.5. The van der Waals surface area contributed by atoms with Gasteiger partial charge in [0.1, 0.15) is 5.65 Å². The highest BCUT2D eigenvalue weighted by Crippen LogP contribution is 2.22. The molecule has 0 spiro atoms. The van der Waals surface area contributed by atoms with Gasteiger partial charge in [0.2, 0.25) is 5.82 Å². The number of nitrogens with zero attached hydrogens (tertiary/aromatic N) is 4. The van der Waals surface area contributed by atoms with E-state index in [-0.39, 0.29) is 5.82 Å². The van der Waals surface area contributed by atoms with Crippen molar-refractivity contribution in [3.8, 4) is 0 Å². The van der Waals surface area contributed by atoms with Crippen LogP contribution in [0.5, 0.6) is 0 Å². The minimum absolute atomic E-state index is 0.0533. The van der Waals surface area contributed by atoms with Crippen molar-refractivity contribution in [1.29, 1.82) is 0 Å². The smallest absolute Gasteiger partial charge is 0.363 e. The number of likely N-dealkylation sites (tertiary alicyclic amines) is 1. The van der Waals surface area contributed by atoms with Gasteiger partial charge in [-0.1, -0.05) is 19.9 Å². The third kappa shape index (κ3) is 3.63. The Kier molecular flexibility index (Phi) is 4.98. The van der Waals surface area contributed by atoms with Crippen molar-refractivity contribution in [3.63, 3.8) is 0 Å². The maximum absolute atomic E-state index is 12.4. The van der Waals surface area contributed by atoms with Crippen LogP contribution in [0.1, 0.15) is 26.7 Å². The van der Waals surface area contributed by atoms with Gasteiger partial charge in [-0.2, -0.15) is 0 Å². The predicted octanol–water partition coefficient (Wildman–Crippen LogP) is 2.13. The Morgan fingerprint density at radius 2 is 2.24 bits per heavy atom. The van der Waals surface area contributed by atoms with Crippen LogP contribution >= 0.6 is 0 Å². The minimum Gasteiger partial charge on any atom is -0.363 e. The number of aromatic nitrogens is 2. The predicted molar refractivity (Wildman–Crippen MR) is 96.0 cm³/mol. The van der Waals surface area contributed by atoms with Crippen LogP contribution in [-0.2, 0) is 0 Å². The summed E-state index contributed by atoms with van der Waals surface area (Å²) in [5.41, 5.74) is -0.772. The molecule has 8 heteroatoms. The van der Waals surface area contributed by atoms with Crippen molar-refractivity contribution >= 4 is 17.2 Å². The number of nitro groups is 1. The van der Waals surface area contributed by atoms with Crippen molar-refractivity contribution < 1.29 is 4.92 Å². The number of rotatable bonds is 6. The van der Waals surface area contributed by atoms with Gasteiger partial charge in [-0.05, 0) is 37.4 Å². The minimum atomic E-state index is -0.663. The van der Waals surface area contributed by atoms with Gasteiger partial charge in [0.15, 0.2) is 0 Å². The molecular formula is C17H23N5O3. The second-order valence-corrected chi connectivity index (χ2v) is 6.87. The Morgan fingerprint density at radius 3 is 2.96 bits per heavy atom. The molecule has 3 heterocycles. The van der Waals surface area contributed by atoms with Crippen LogP contribution in [0.3, 0.4) is 0 Å². The van der Waals surface area contributed by atoms with Gasteiger partial charge in [-0.25, -0.2) is 4.98 Å². The molecular weight excluding hydrogens is 322 g/mol. The van der Waals surface area contributed by atoms with E-state index in [1.165, 1.54) is 10.6 Å². The highest BCUT2D eigenvalue weighted by Gasteiger charge is 2.27. The van der Waals surface area contributed by atoms with Crippen LogP contribution in [0.2, 0.25) is 0 Å². The Morgan fingerprint density at radius 1 is 1.44 bits per heavy atom. The fraction of sp³-hybridized carbons (Fsp3) is 0.529. The van der Waals surface area contributed by atoms with Crippen LogP contribution in [0.15, 0.2) is 29.2 Å².